The van der Waals surface area contributed by atoms with E-state index in [1.165, 1.54) is 0 Å². The zero-order chi connectivity index (χ0) is 14.4. The summed E-state index contributed by atoms with van der Waals surface area (Å²) >= 11 is 0. The van der Waals surface area contributed by atoms with Gasteiger partial charge in [0, 0.05) is 19.1 Å². The minimum atomic E-state index is -0.559. The Morgan fingerprint density at radius 3 is 2.74 bits per heavy atom. The second-order valence-corrected chi connectivity index (χ2v) is 5.19. The molecule has 0 aromatic heterocycles. The molecule has 0 aliphatic carbocycles. The molecule has 5 nitrogen and oxygen atoms in total. The molecule has 0 bridgehead atoms. The van der Waals surface area contributed by atoms with Gasteiger partial charge in [0.2, 0.25) is 6.29 Å². The first-order chi connectivity index (χ1) is 9.01. The number of amides is 1. The van der Waals surface area contributed by atoms with Gasteiger partial charge in [0.15, 0.2) is 5.76 Å². The van der Waals surface area contributed by atoms with Crippen LogP contribution in [0.2, 0.25) is 0 Å². The first kappa shape index (κ1) is 16.0. The second kappa shape index (κ2) is 7.50. The molecule has 1 heterocycles. The minimum absolute atomic E-state index is 0.134. The van der Waals surface area contributed by atoms with Gasteiger partial charge in [-0.1, -0.05) is 13.8 Å². The van der Waals surface area contributed by atoms with E-state index >= 15 is 0 Å². The molecular formula is C14H25NO4. The number of carbonyl (C=O) groups excluding carboxylic acids is 1. The number of carbonyl (C=O) groups is 1. The number of rotatable bonds is 7. The molecule has 3 atom stereocenters. The highest BCUT2D eigenvalue weighted by atomic mass is 16.7. The Balaban J connectivity index is 2.95. The van der Waals surface area contributed by atoms with E-state index in [1.54, 1.807) is 0 Å². The second-order valence-electron chi connectivity index (χ2n) is 5.19. The molecule has 0 radical (unpaired) electrons. The van der Waals surface area contributed by atoms with E-state index in [1.807, 2.05) is 13.0 Å². The molecule has 0 aromatic rings. The van der Waals surface area contributed by atoms with Gasteiger partial charge in [-0.25, -0.2) is 0 Å². The fraction of sp³-hybridized carbons (Fsp3) is 0.786. The smallest absolute Gasteiger partial charge is 0.283 e. The van der Waals surface area contributed by atoms with E-state index in [9.17, 15) is 4.79 Å². The fourth-order valence-electron chi connectivity index (χ4n) is 2.54. The first-order valence-corrected chi connectivity index (χ1v) is 6.92. The van der Waals surface area contributed by atoms with Crippen LogP contribution < -0.4 is 5.73 Å². The third-order valence-corrected chi connectivity index (χ3v) is 3.47. The molecule has 1 rings (SSSR count). The van der Waals surface area contributed by atoms with Crippen LogP contribution >= 0.6 is 0 Å². The van der Waals surface area contributed by atoms with Crippen LogP contribution in [0.25, 0.3) is 0 Å². The summed E-state index contributed by atoms with van der Waals surface area (Å²) in [6.07, 6.45) is 2.84. The highest BCUT2D eigenvalue weighted by Crippen LogP contribution is 2.36. The van der Waals surface area contributed by atoms with Crippen molar-refractivity contribution in [1.82, 2.24) is 0 Å². The highest BCUT2D eigenvalue weighted by molar-refractivity contribution is 5.90. The maximum absolute atomic E-state index is 11.3. The summed E-state index contributed by atoms with van der Waals surface area (Å²) in [6, 6.07) is 0. The summed E-state index contributed by atoms with van der Waals surface area (Å²) in [7, 11) is 0. The van der Waals surface area contributed by atoms with Gasteiger partial charge in [0.1, 0.15) is 0 Å². The lowest BCUT2D eigenvalue weighted by Crippen LogP contribution is -2.40. The Morgan fingerprint density at radius 1 is 1.58 bits per heavy atom. The number of aliphatic hydroxyl groups is 1. The Kier molecular flexibility index (Phi) is 6.31. The van der Waals surface area contributed by atoms with Gasteiger partial charge in [-0.15, -0.1) is 0 Å². The van der Waals surface area contributed by atoms with Crippen molar-refractivity contribution in [1.29, 1.82) is 0 Å². The first-order valence-electron chi connectivity index (χ1n) is 6.92. The van der Waals surface area contributed by atoms with E-state index < -0.39 is 12.2 Å². The Hall–Kier alpha value is -1.07. The molecule has 1 amide bonds. The van der Waals surface area contributed by atoms with Crippen molar-refractivity contribution < 1.29 is 19.4 Å². The van der Waals surface area contributed by atoms with Gasteiger partial charge in [-0.3, -0.25) is 4.79 Å². The SMILES string of the molecule is CCO[C@H]1OC(C(N)=O)=C[C@@H](C(C)C)[C@H]1CCCO. The molecule has 19 heavy (non-hydrogen) atoms. The van der Waals surface area contributed by atoms with Gasteiger partial charge in [-0.05, 0) is 37.7 Å². The van der Waals surface area contributed by atoms with Gasteiger partial charge in [0.25, 0.3) is 5.91 Å². The summed E-state index contributed by atoms with van der Waals surface area (Å²) in [5.41, 5.74) is 5.31. The maximum Gasteiger partial charge on any atom is 0.283 e. The zero-order valence-electron chi connectivity index (χ0n) is 12.0. The Morgan fingerprint density at radius 2 is 2.26 bits per heavy atom. The Labute approximate surface area is 114 Å². The number of hydrogen-bond acceptors (Lipinski definition) is 4. The summed E-state index contributed by atoms with van der Waals surface area (Å²) in [5.74, 6) is 0.285. The number of allylic oxidation sites excluding steroid dienone is 1. The molecule has 0 unspecified atom stereocenters. The quantitative estimate of drug-likeness (QED) is 0.733. The molecule has 0 spiro atoms. The number of aliphatic hydroxyl groups excluding tert-OH is 1. The van der Waals surface area contributed by atoms with Gasteiger partial charge in [0.05, 0.1) is 0 Å². The predicted octanol–water partition coefficient (Wildman–Crippen LogP) is 1.41. The Bertz CT molecular complexity index is 327. The maximum atomic E-state index is 11.3. The van der Waals surface area contributed by atoms with Crippen molar-refractivity contribution >= 4 is 5.91 Å². The summed E-state index contributed by atoms with van der Waals surface area (Å²) in [4.78, 5) is 11.3. The summed E-state index contributed by atoms with van der Waals surface area (Å²) in [5, 5.41) is 9.01. The number of nitrogens with two attached hydrogens (primary N) is 1. The van der Waals surface area contributed by atoms with Crippen LogP contribution in [0.1, 0.15) is 33.6 Å². The fourth-order valence-corrected chi connectivity index (χ4v) is 2.54. The van der Waals surface area contributed by atoms with E-state index in [2.05, 4.69) is 13.8 Å². The van der Waals surface area contributed by atoms with Gasteiger partial charge >= 0.3 is 0 Å². The van der Waals surface area contributed by atoms with Crippen LogP contribution in [-0.4, -0.2) is 30.5 Å². The molecule has 0 fully saturated rings. The van der Waals surface area contributed by atoms with Crippen LogP contribution in [0, 0.1) is 17.8 Å². The molecule has 0 saturated carbocycles. The largest absolute Gasteiger partial charge is 0.459 e. The lowest BCUT2D eigenvalue weighted by atomic mass is 9.78. The molecule has 0 saturated heterocycles. The normalized spacial score (nSPS) is 27.0. The summed E-state index contributed by atoms with van der Waals surface area (Å²) < 4.78 is 11.2. The van der Waals surface area contributed by atoms with Crippen molar-refractivity contribution in [3.05, 3.63) is 11.8 Å². The molecule has 3 N–H and O–H groups in total. The lowest BCUT2D eigenvalue weighted by molar-refractivity contribution is -0.174. The van der Waals surface area contributed by atoms with E-state index in [-0.39, 0.29) is 24.2 Å². The predicted molar refractivity (Wildman–Crippen MR) is 71.9 cm³/mol. The monoisotopic (exact) mass is 271 g/mol. The molecule has 5 heteroatoms. The number of ether oxygens (including phenoxy) is 2. The van der Waals surface area contributed by atoms with Crippen molar-refractivity contribution in [3.63, 3.8) is 0 Å². The molecule has 0 aromatic carbocycles. The van der Waals surface area contributed by atoms with Crippen LogP contribution in [0.5, 0.6) is 0 Å². The third kappa shape index (κ3) is 4.21. The average Bonchev–Trinajstić information content (AvgIpc) is 2.36. The number of primary amides is 1. The van der Waals surface area contributed by atoms with E-state index in [4.69, 9.17) is 20.3 Å². The van der Waals surface area contributed by atoms with Crippen LogP contribution in [-0.2, 0) is 14.3 Å². The minimum Gasteiger partial charge on any atom is -0.459 e. The van der Waals surface area contributed by atoms with E-state index in [0.29, 0.717) is 18.9 Å². The average molecular weight is 271 g/mol. The lowest BCUT2D eigenvalue weighted by Gasteiger charge is -2.38. The topological polar surface area (TPSA) is 81.8 Å². The number of hydrogen-bond donors (Lipinski definition) is 2. The van der Waals surface area contributed by atoms with Crippen molar-refractivity contribution in [2.75, 3.05) is 13.2 Å². The van der Waals surface area contributed by atoms with Crippen LogP contribution in [0.4, 0.5) is 0 Å². The van der Waals surface area contributed by atoms with Crippen molar-refractivity contribution in [2.24, 2.45) is 23.5 Å². The third-order valence-electron chi connectivity index (χ3n) is 3.47. The van der Waals surface area contributed by atoms with E-state index in [0.717, 1.165) is 6.42 Å². The van der Waals surface area contributed by atoms with Crippen LogP contribution in [0.15, 0.2) is 11.8 Å². The zero-order valence-corrected chi connectivity index (χ0v) is 12.0. The summed E-state index contributed by atoms with van der Waals surface area (Å²) in [6.45, 7) is 6.74. The molecular weight excluding hydrogens is 246 g/mol. The molecule has 110 valence electrons. The standard InChI is InChI=1S/C14H25NO4/c1-4-18-14-10(6-5-7-16)11(9(2)3)8-12(19-14)13(15)17/h8-11,14,16H,4-7H2,1-3H3,(H2,15,17)/t10-,11+,14+/m1/s1. The molecule has 1 aliphatic heterocycles. The van der Waals surface area contributed by atoms with Crippen molar-refractivity contribution in [3.8, 4) is 0 Å². The molecule has 1 aliphatic rings. The van der Waals surface area contributed by atoms with Gasteiger partial charge < -0.3 is 20.3 Å². The highest BCUT2D eigenvalue weighted by Gasteiger charge is 2.37. The van der Waals surface area contributed by atoms with Crippen molar-refractivity contribution in [2.45, 2.75) is 39.9 Å². The van der Waals surface area contributed by atoms with Crippen LogP contribution in [0.3, 0.4) is 0 Å². The van der Waals surface area contributed by atoms with Gasteiger partial charge in [-0.2, -0.15) is 0 Å².